The van der Waals surface area contributed by atoms with Gasteiger partial charge in [0.15, 0.2) is 6.29 Å². The van der Waals surface area contributed by atoms with E-state index in [1.807, 2.05) is 0 Å². The first kappa shape index (κ1) is 11.5. The molecule has 0 amide bonds. The van der Waals surface area contributed by atoms with Crippen molar-refractivity contribution in [2.75, 3.05) is 21.3 Å². The van der Waals surface area contributed by atoms with Crippen LogP contribution in [0.5, 0.6) is 11.5 Å². The van der Waals surface area contributed by atoms with Crippen LogP contribution in [0.2, 0.25) is 0 Å². The fourth-order valence-corrected chi connectivity index (χ4v) is 1.35. The Kier molecular flexibility index (Phi) is 4.12. The van der Waals surface area contributed by atoms with Crippen molar-refractivity contribution in [3.8, 4) is 11.5 Å². The minimum atomic E-state index is 0.397. The molecule has 0 radical (unpaired) electrons. The molecular formula is C11H14O4. The minimum Gasteiger partial charge on any atom is -0.496 e. The van der Waals surface area contributed by atoms with E-state index in [0.717, 1.165) is 11.8 Å². The molecule has 0 aliphatic carbocycles. The molecular weight excluding hydrogens is 196 g/mol. The van der Waals surface area contributed by atoms with Crippen LogP contribution in [-0.2, 0) is 11.3 Å². The van der Waals surface area contributed by atoms with Gasteiger partial charge in [0.1, 0.15) is 11.5 Å². The number of rotatable bonds is 5. The highest BCUT2D eigenvalue weighted by Gasteiger charge is 2.10. The van der Waals surface area contributed by atoms with Gasteiger partial charge in [-0.3, -0.25) is 4.79 Å². The molecule has 4 heteroatoms. The van der Waals surface area contributed by atoms with Crippen molar-refractivity contribution in [3.05, 3.63) is 23.3 Å². The topological polar surface area (TPSA) is 44.8 Å². The fourth-order valence-electron chi connectivity index (χ4n) is 1.35. The van der Waals surface area contributed by atoms with Crippen LogP contribution in [0.4, 0.5) is 0 Å². The average molecular weight is 210 g/mol. The molecule has 0 N–H and O–H groups in total. The molecule has 0 aliphatic rings. The van der Waals surface area contributed by atoms with Crippen molar-refractivity contribution in [1.29, 1.82) is 0 Å². The summed E-state index contributed by atoms with van der Waals surface area (Å²) in [5.74, 6) is 1.15. The Morgan fingerprint density at radius 2 is 1.80 bits per heavy atom. The van der Waals surface area contributed by atoms with E-state index >= 15 is 0 Å². The molecule has 0 bridgehead atoms. The lowest BCUT2D eigenvalue weighted by Crippen LogP contribution is -1.98. The van der Waals surface area contributed by atoms with Gasteiger partial charge in [-0.2, -0.15) is 0 Å². The number of methoxy groups -OCH3 is 3. The van der Waals surface area contributed by atoms with Gasteiger partial charge in [0.25, 0.3) is 0 Å². The molecule has 82 valence electrons. The second kappa shape index (κ2) is 5.36. The highest BCUT2D eigenvalue weighted by atomic mass is 16.5. The molecule has 0 saturated heterocycles. The first-order valence-corrected chi connectivity index (χ1v) is 4.45. The van der Waals surface area contributed by atoms with Crippen LogP contribution in [0.1, 0.15) is 15.9 Å². The van der Waals surface area contributed by atoms with Crippen LogP contribution in [-0.4, -0.2) is 27.6 Å². The number of benzene rings is 1. The molecule has 4 nitrogen and oxygen atoms in total. The van der Waals surface area contributed by atoms with Crippen LogP contribution < -0.4 is 9.47 Å². The van der Waals surface area contributed by atoms with Crippen LogP contribution >= 0.6 is 0 Å². The third kappa shape index (κ3) is 2.47. The smallest absolute Gasteiger partial charge is 0.153 e. The van der Waals surface area contributed by atoms with E-state index in [4.69, 9.17) is 14.2 Å². The summed E-state index contributed by atoms with van der Waals surface area (Å²) < 4.78 is 15.2. The molecule has 0 saturated carbocycles. The van der Waals surface area contributed by atoms with Crippen molar-refractivity contribution in [1.82, 2.24) is 0 Å². The molecule has 1 rings (SSSR count). The number of carbonyl (C=O) groups is 1. The van der Waals surface area contributed by atoms with Gasteiger partial charge in [-0.05, 0) is 6.07 Å². The van der Waals surface area contributed by atoms with Crippen molar-refractivity contribution >= 4 is 6.29 Å². The van der Waals surface area contributed by atoms with Gasteiger partial charge in [0, 0.05) is 18.7 Å². The van der Waals surface area contributed by atoms with E-state index in [2.05, 4.69) is 0 Å². The molecule has 0 atom stereocenters. The number of carbonyl (C=O) groups excluding carboxylic acids is 1. The first-order valence-electron chi connectivity index (χ1n) is 4.45. The summed E-state index contributed by atoms with van der Waals surface area (Å²) in [7, 11) is 4.66. The Bertz CT molecular complexity index is 347. The second-order valence-corrected chi connectivity index (χ2v) is 2.96. The van der Waals surface area contributed by atoms with Crippen molar-refractivity contribution in [2.45, 2.75) is 6.61 Å². The number of aldehydes is 1. The Morgan fingerprint density at radius 1 is 1.13 bits per heavy atom. The number of hydrogen-bond donors (Lipinski definition) is 0. The zero-order chi connectivity index (χ0) is 11.3. The summed E-state index contributed by atoms with van der Waals surface area (Å²) in [4.78, 5) is 10.8. The Morgan fingerprint density at radius 3 is 2.27 bits per heavy atom. The Hall–Kier alpha value is -1.55. The van der Waals surface area contributed by atoms with E-state index in [1.54, 1.807) is 26.4 Å². The van der Waals surface area contributed by atoms with Gasteiger partial charge in [0.05, 0.1) is 26.4 Å². The lowest BCUT2D eigenvalue weighted by atomic mass is 10.1. The van der Waals surface area contributed by atoms with E-state index in [1.165, 1.54) is 7.11 Å². The van der Waals surface area contributed by atoms with Crippen molar-refractivity contribution in [3.63, 3.8) is 0 Å². The molecule has 1 aromatic carbocycles. The SMILES string of the molecule is COCc1cc(C=O)c(OC)cc1OC. The monoisotopic (exact) mass is 210 g/mol. The lowest BCUT2D eigenvalue weighted by molar-refractivity contribution is 0.112. The summed E-state index contributed by atoms with van der Waals surface area (Å²) in [5.41, 5.74) is 1.31. The minimum absolute atomic E-state index is 0.397. The van der Waals surface area contributed by atoms with Crippen LogP contribution in [0.3, 0.4) is 0 Å². The molecule has 0 aliphatic heterocycles. The Balaban J connectivity index is 3.20. The quantitative estimate of drug-likeness (QED) is 0.693. The molecule has 15 heavy (non-hydrogen) atoms. The predicted molar refractivity (Wildman–Crippen MR) is 55.6 cm³/mol. The van der Waals surface area contributed by atoms with Crippen molar-refractivity contribution < 1.29 is 19.0 Å². The Labute approximate surface area is 88.8 Å². The maximum absolute atomic E-state index is 10.8. The van der Waals surface area contributed by atoms with Gasteiger partial charge < -0.3 is 14.2 Å². The van der Waals surface area contributed by atoms with Crippen LogP contribution in [0.15, 0.2) is 12.1 Å². The first-order chi connectivity index (χ1) is 7.26. The van der Waals surface area contributed by atoms with E-state index in [0.29, 0.717) is 23.7 Å². The maximum Gasteiger partial charge on any atom is 0.153 e. The van der Waals surface area contributed by atoms with Crippen molar-refractivity contribution in [2.24, 2.45) is 0 Å². The van der Waals surface area contributed by atoms with Crippen LogP contribution in [0.25, 0.3) is 0 Å². The van der Waals surface area contributed by atoms with E-state index in [-0.39, 0.29) is 0 Å². The van der Waals surface area contributed by atoms with Gasteiger partial charge in [-0.1, -0.05) is 0 Å². The van der Waals surface area contributed by atoms with Gasteiger partial charge in [-0.25, -0.2) is 0 Å². The maximum atomic E-state index is 10.8. The van der Waals surface area contributed by atoms with E-state index in [9.17, 15) is 4.79 Å². The molecule has 0 aromatic heterocycles. The summed E-state index contributed by atoms with van der Waals surface area (Å²) in [5, 5.41) is 0. The van der Waals surface area contributed by atoms with Gasteiger partial charge >= 0.3 is 0 Å². The summed E-state index contributed by atoms with van der Waals surface area (Å²) in [6.07, 6.45) is 0.747. The van der Waals surface area contributed by atoms with E-state index < -0.39 is 0 Å². The molecule has 0 heterocycles. The predicted octanol–water partition coefficient (Wildman–Crippen LogP) is 1.66. The average Bonchev–Trinajstić information content (AvgIpc) is 2.28. The third-order valence-corrected chi connectivity index (χ3v) is 2.06. The molecule has 1 aromatic rings. The zero-order valence-corrected chi connectivity index (χ0v) is 9.07. The summed E-state index contributed by atoms with van der Waals surface area (Å²) in [6.45, 7) is 0.397. The number of ether oxygens (including phenoxy) is 3. The summed E-state index contributed by atoms with van der Waals surface area (Å²) >= 11 is 0. The highest BCUT2D eigenvalue weighted by molar-refractivity contribution is 5.80. The summed E-state index contributed by atoms with van der Waals surface area (Å²) in [6, 6.07) is 3.38. The molecule has 0 unspecified atom stereocenters. The zero-order valence-electron chi connectivity index (χ0n) is 9.07. The largest absolute Gasteiger partial charge is 0.496 e. The van der Waals surface area contributed by atoms with Gasteiger partial charge in [-0.15, -0.1) is 0 Å². The molecule has 0 fully saturated rings. The fraction of sp³-hybridized carbons (Fsp3) is 0.364. The standard InChI is InChI=1S/C11H14O4/c1-13-7-9-4-8(6-12)10(14-2)5-11(9)15-3/h4-6H,7H2,1-3H3. The van der Waals surface area contributed by atoms with Gasteiger partial charge in [0.2, 0.25) is 0 Å². The normalized spacial score (nSPS) is 9.80. The lowest BCUT2D eigenvalue weighted by Gasteiger charge is -2.11. The number of hydrogen-bond acceptors (Lipinski definition) is 4. The highest BCUT2D eigenvalue weighted by Crippen LogP contribution is 2.28. The second-order valence-electron chi connectivity index (χ2n) is 2.96. The molecule has 0 spiro atoms. The third-order valence-electron chi connectivity index (χ3n) is 2.06. The van der Waals surface area contributed by atoms with Crippen LogP contribution in [0, 0.1) is 0 Å².